The molecule has 2 heterocycles. The molecule has 4 nitrogen and oxygen atoms in total. The molecule has 118 valence electrons. The van der Waals surface area contributed by atoms with Crippen molar-refractivity contribution in [2.75, 3.05) is 13.1 Å². The van der Waals surface area contributed by atoms with Crippen molar-refractivity contribution in [3.8, 4) is 0 Å². The van der Waals surface area contributed by atoms with Crippen LogP contribution in [0.5, 0.6) is 0 Å². The number of piperidine rings is 1. The molecule has 3 rings (SSSR count). The third kappa shape index (κ3) is 3.39. The van der Waals surface area contributed by atoms with E-state index in [2.05, 4.69) is 4.57 Å². The largest absolute Gasteiger partial charge is 0.351 e. The predicted octanol–water partition coefficient (Wildman–Crippen LogP) is 2.79. The van der Waals surface area contributed by atoms with Gasteiger partial charge >= 0.3 is 0 Å². The Balaban J connectivity index is 1.64. The fourth-order valence-electron chi connectivity index (χ4n) is 2.94. The number of benzene rings is 1. The zero-order valence-corrected chi connectivity index (χ0v) is 13.0. The molecular weight excluding hydrogens is 303 g/mol. The van der Waals surface area contributed by atoms with Gasteiger partial charge in [-0.1, -0.05) is 12.1 Å². The number of nitrogens with zero attached hydrogens (tertiary/aromatic N) is 2. The van der Waals surface area contributed by atoms with E-state index in [0.29, 0.717) is 24.7 Å². The SMILES string of the molecule is O=S(=O)(Cc1cccc(F)c1)N1CCC(n2cccc2)CC1. The molecule has 1 fully saturated rings. The molecule has 1 aliphatic rings. The molecule has 0 atom stereocenters. The Morgan fingerprint density at radius 3 is 2.41 bits per heavy atom. The van der Waals surface area contributed by atoms with Crippen LogP contribution in [0.1, 0.15) is 24.4 Å². The van der Waals surface area contributed by atoms with E-state index < -0.39 is 15.8 Å². The Bertz CT molecular complexity index is 720. The van der Waals surface area contributed by atoms with Gasteiger partial charge in [-0.15, -0.1) is 0 Å². The molecular formula is C16H19FN2O2S. The summed E-state index contributed by atoms with van der Waals surface area (Å²) in [6.07, 6.45) is 5.64. The van der Waals surface area contributed by atoms with Crippen LogP contribution in [0.15, 0.2) is 48.8 Å². The molecule has 0 saturated carbocycles. The monoisotopic (exact) mass is 322 g/mol. The van der Waals surface area contributed by atoms with Crippen molar-refractivity contribution >= 4 is 10.0 Å². The predicted molar refractivity (Wildman–Crippen MR) is 83.3 cm³/mol. The highest BCUT2D eigenvalue weighted by Crippen LogP contribution is 2.25. The maximum absolute atomic E-state index is 13.2. The van der Waals surface area contributed by atoms with Crippen LogP contribution in [0.4, 0.5) is 4.39 Å². The van der Waals surface area contributed by atoms with Gasteiger partial charge in [-0.25, -0.2) is 17.1 Å². The van der Waals surface area contributed by atoms with Crippen LogP contribution in [0, 0.1) is 5.82 Å². The molecule has 22 heavy (non-hydrogen) atoms. The molecule has 1 aromatic carbocycles. The Labute approximate surface area is 130 Å². The lowest BCUT2D eigenvalue weighted by molar-refractivity contribution is 0.274. The van der Waals surface area contributed by atoms with Gasteiger partial charge in [-0.05, 0) is 42.7 Å². The standard InChI is InChI=1S/C16H19FN2O2S/c17-15-5-3-4-14(12-15)13-22(20,21)19-10-6-16(7-11-19)18-8-1-2-9-18/h1-5,8-9,12,16H,6-7,10-11,13H2. The lowest BCUT2D eigenvalue weighted by Gasteiger charge is -2.32. The summed E-state index contributed by atoms with van der Waals surface area (Å²) < 4.78 is 41.8. The van der Waals surface area contributed by atoms with Crippen molar-refractivity contribution in [1.29, 1.82) is 0 Å². The lowest BCUT2D eigenvalue weighted by atomic mass is 10.1. The van der Waals surface area contributed by atoms with Crippen molar-refractivity contribution < 1.29 is 12.8 Å². The summed E-state index contributed by atoms with van der Waals surface area (Å²) in [5, 5.41) is 0. The summed E-state index contributed by atoms with van der Waals surface area (Å²) >= 11 is 0. The number of aromatic nitrogens is 1. The van der Waals surface area contributed by atoms with Gasteiger partial charge in [-0.3, -0.25) is 0 Å². The second kappa shape index (κ2) is 6.22. The maximum atomic E-state index is 13.2. The normalized spacial score (nSPS) is 17.7. The van der Waals surface area contributed by atoms with Gasteiger partial charge in [0.15, 0.2) is 0 Å². The van der Waals surface area contributed by atoms with Gasteiger partial charge in [0, 0.05) is 31.5 Å². The van der Waals surface area contributed by atoms with E-state index in [4.69, 9.17) is 0 Å². The van der Waals surface area contributed by atoms with E-state index >= 15 is 0 Å². The molecule has 1 saturated heterocycles. The van der Waals surface area contributed by atoms with Crippen molar-refractivity contribution in [2.24, 2.45) is 0 Å². The summed E-state index contributed by atoms with van der Waals surface area (Å²) in [7, 11) is -3.39. The average Bonchev–Trinajstić information content (AvgIpc) is 3.01. The van der Waals surface area contributed by atoms with Crippen LogP contribution in [0.25, 0.3) is 0 Å². The molecule has 1 aliphatic heterocycles. The summed E-state index contributed by atoms with van der Waals surface area (Å²) in [4.78, 5) is 0. The van der Waals surface area contributed by atoms with Crippen molar-refractivity contribution in [3.63, 3.8) is 0 Å². The quantitative estimate of drug-likeness (QED) is 0.868. The highest BCUT2D eigenvalue weighted by Gasteiger charge is 2.28. The van der Waals surface area contributed by atoms with Crippen LogP contribution >= 0.6 is 0 Å². The molecule has 0 unspecified atom stereocenters. The highest BCUT2D eigenvalue weighted by molar-refractivity contribution is 7.88. The van der Waals surface area contributed by atoms with Gasteiger partial charge < -0.3 is 4.57 Å². The number of hydrogen-bond acceptors (Lipinski definition) is 2. The van der Waals surface area contributed by atoms with E-state index in [9.17, 15) is 12.8 Å². The van der Waals surface area contributed by atoms with Gasteiger partial charge in [-0.2, -0.15) is 0 Å². The minimum atomic E-state index is -3.39. The van der Waals surface area contributed by atoms with Crippen LogP contribution < -0.4 is 0 Å². The smallest absolute Gasteiger partial charge is 0.218 e. The molecule has 0 amide bonds. The highest BCUT2D eigenvalue weighted by atomic mass is 32.2. The molecule has 0 N–H and O–H groups in total. The number of hydrogen-bond donors (Lipinski definition) is 0. The second-order valence-electron chi connectivity index (χ2n) is 5.65. The first kappa shape index (κ1) is 15.2. The summed E-state index contributed by atoms with van der Waals surface area (Å²) in [6, 6.07) is 10.1. The average molecular weight is 322 g/mol. The Morgan fingerprint density at radius 2 is 1.77 bits per heavy atom. The molecule has 0 spiro atoms. The topological polar surface area (TPSA) is 42.3 Å². The molecule has 0 aliphatic carbocycles. The van der Waals surface area contributed by atoms with Gasteiger partial charge in [0.1, 0.15) is 5.82 Å². The number of rotatable bonds is 4. The number of halogens is 1. The Hall–Kier alpha value is -1.66. The van der Waals surface area contributed by atoms with E-state index in [1.54, 1.807) is 12.1 Å². The van der Waals surface area contributed by atoms with Crippen molar-refractivity contribution in [3.05, 3.63) is 60.2 Å². The summed E-state index contributed by atoms with van der Waals surface area (Å²) in [5.74, 6) is -0.544. The number of sulfonamides is 1. The van der Waals surface area contributed by atoms with E-state index in [1.807, 2.05) is 24.5 Å². The minimum Gasteiger partial charge on any atom is -0.351 e. The second-order valence-corrected chi connectivity index (χ2v) is 7.62. The van der Waals surface area contributed by atoms with E-state index in [-0.39, 0.29) is 5.75 Å². The van der Waals surface area contributed by atoms with Crippen LogP contribution in [0.3, 0.4) is 0 Å². The van der Waals surface area contributed by atoms with Crippen LogP contribution in [-0.2, 0) is 15.8 Å². The van der Waals surface area contributed by atoms with Crippen LogP contribution in [-0.4, -0.2) is 30.4 Å². The van der Waals surface area contributed by atoms with Gasteiger partial charge in [0.2, 0.25) is 10.0 Å². The first-order valence-electron chi connectivity index (χ1n) is 7.39. The third-order valence-corrected chi connectivity index (χ3v) is 5.95. The summed E-state index contributed by atoms with van der Waals surface area (Å²) in [6.45, 7) is 1.03. The van der Waals surface area contributed by atoms with E-state index in [0.717, 1.165) is 12.8 Å². The minimum absolute atomic E-state index is 0.140. The van der Waals surface area contributed by atoms with E-state index in [1.165, 1.54) is 16.4 Å². The first-order valence-corrected chi connectivity index (χ1v) is 9.00. The van der Waals surface area contributed by atoms with Gasteiger partial charge in [0.25, 0.3) is 0 Å². The van der Waals surface area contributed by atoms with Crippen molar-refractivity contribution in [1.82, 2.24) is 8.87 Å². The Kier molecular flexibility index (Phi) is 4.31. The zero-order valence-electron chi connectivity index (χ0n) is 12.2. The molecule has 2 aromatic rings. The zero-order chi connectivity index (χ0) is 15.6. The van der Waals surface area contributed by atoms with Crippen molar-refractivity contribution in [2.45, 2.75) is 24.6 Å². The maximum Gasteiger partial charge on any atom is 0.218 e. The fraction of sp³-hybridized carbons (Fsp3) is 0.375. The fourth-order valence-corrected chi connectivity index (χ4v) is 4.49. The Morgan fingerprint density at radius 1 is 1.09 bits per heavy atom. The first-order chi connectivity index (χ1) is 10.5. The van der Waals surface area contributed by atoms with Crippen LogP contribution in [0.2, 0.25) is 0 Å². The molecule has 0 bridgehead atoms. The molecule has 1 aromatic heterocycles. The lowest BCUT2D eigenvalue weighted by Crippen LogP contribution is -2.39. The molecule has 0 radical (unpaired) electrons. The summed E-state index contributed by atoms with van der Waals surface area (Å²) in [5.41, 5.74) is 0.493. The third-order valence-electron chi connectivity index (χ3n) is 4.10. The van der Waals surface area contributed by atoms with Gasteiger partial charge in [0.05, 0.1) is 5.75 Å². The molecule has 6 heteroatoms.